The van der Waals surface area contributed by atoms with Crippen molar-refractivity contribution in [3.05, 3.63) is 102 Å². The number of nitrogens with zero attached hydrogens (tertiary/aromatic N) is 3. The lowest BCUT2D eigenvalue weighted by Crippen LogP contribution is -2.67. The van der Waals surface area contributed by atoms with Crippen LogP contribution in [0.4, 0.5) is 13.6 Å². The highest BCUT2D eigenvalue weighted by molar-refractivity contribution is 5.95. The van der Waals surface area contributed by atoms with Gasteiger partial charge in [0.25, 0.3) is 5.92 Å². The normalized spacial score (nSPS) is 14.5. The Morgan fingerprint density at radius 3 is 1.89 bits per heavy atom. The first-order chi connectivity index (χ1) is 22.1. The monoisotopic (exact) mass is 652 g/mol. The van der Waals surface area contributed by atoms with Gasteiger partial charge in [-0.1, -0.05) is 80.6 Å². The molecular formula is C36H46F2N4O5. The van der Waals surface area contributed by atoms with Gasteiger partial charge >= 0.3 is 6.09 Å². The van der Waals surface area contributed by atoms with Gasteiger partial charge in [0, 0.05) is 18.7 Å². The largest absolute Gasteiger partial charge is 0.443 e. The summed E-state index contributed by atoms with van der Waals surface area (Å²) in [6.07, 6.45) is -3.08. The number of benzene rings is 2. The number of amides is 3. The molecule has 3 rings (SSSR count). The van der Waals surface area contributed by atoms with Crippen molar-refractivity contribution in [3.63, 3.8) is 0 Å². The topological polar surface area (TPSA) is 126 Å². The van der Waals surface area contributed by atoms with Crippen LogP contribution in [0.3, 0.4) is 0 Å². The van der Waals surface area contributed by atoms with E-state index in [0.29, 0.717) is 21.7 Å². The molecule has 254 valence electrons. The molecule has 3 aromatic rings. The molecule has 2 aromatic carbocycles. The van der Waals surface area contributed by atoms with Crippen LogP contribution in [0.15, 0.2) is 85.1 Å². The zero-order chi connectivity index (χ0) is 34.9. The van der Waals surface area contributed by atoms with Crippen molar-refractivity contribution in [1.82, 2.24) is 14.8 Å². The van der Waals surface area contributed by atoms with E-state index in [1.54, 1.807) is 113 Å². The molecule has 0 bridgehead atoms. The second-order valence-electron chi connectivity index (χ2n) is 13.0. The number of aliphatic hydroxyl groups is 1. The Balaban J connectivity index is 2.19. The number of halogens is 2. The third-order valence-corrected chi connectivity index (χ3v) is 7.98. The Morgan fingerprint density at radius 2 is 1.43 bits per heavy atom. The van der Waals surface area contributed by atoms with Crippen molar-refractivity contribution in [2.24, 2.45) is 11.7 Å². The average Bonchev–Trinajstić information content (AvgIpc) is 3.02. The number of pyridine rings is 1. The van der Waals surface area contributed by atoms with Crippen LogP contribution in [-0.4, -0.2) is 73.5 Å². The highest BCUT2D eigenvalue weighted by atomic mass is 19.3. The number of hydrogen-bond donors (Lipinski definition) is 2. The number of carbonyl (C=O) groups is 3. The van der Waals surface area contributed by atoms with Crippen LogP contribution in [0.2, 0.25) is 0 Å². The van der Waals surface area contributed by atoms with E-state index in [4.69, 9.17) is 10.5 Å². The van der Waals surface area contributed by atoms with E-state index < -0.39 is 59.5 Å². The molecule has 4 atom stereocenters. The third kappa shape index (κ3) is 9.65. The molecule has 0 aliphatic rings. The van der Waals surface area contributed by atoms with E-state index in [2.05, 4.69) is 4.98 Å². The Bertz CT molecular complexity index is 1450. The molecular weight excluding hydrogens is 606 g/mol. The summed E-state index contributed by atoms with van der Waals surface area (Å²) in [5, 5.41) is 11.9. The quantitative estimate of drug-likeness (QED) is 0.253. The fraction of sp³-hybridized carbons (Fsp3) is 0.444. The predicted octanol–water partition coefficient (Wildman–Crippen LogP) is 5.40. The van der Waals surface area contributed by atoms with E-state index in [0.717, 1.165) is 4.90 Å². The summed E-state index contributed by atoms with van der Waals surface area (Å²) in [4.78, 5) is 46.4. The molecule has 0 radical (unpaired) electrons. The van der Waals surface area contributed by atoms with Crippen LogP contribution in [0.5, 0.6) is 0 Å². The lowest BCUT2D eigenvalue weighted by molar-refractivity contribution is -0.193. The van der Waals surface area contributed by atoms with Gasteiger partial charge in [-0.05, 0) is 62.8 Å². The Hall–Kier alpha value is -4.22. The molecule has 3 amide bonds. The summed E-state index contributed by atoms with van der Waals surface area (Å²) in [5.74, 6) is -6.16. The molecule has 3 N–H and O–H groups in total. The highest BCUT2D eigenvalue weighted by Crippen LogP contribution is 2.37. The standard InChI is InChI=1S/C36H46F2N4O5/c1-24(2)31(39)33(45)41(34(46)47-23-28-19-13-14-20-40-28)29(21-26-15-9-7-10-16-26)32(44)36(37,38)30(22-27-17-11-8-12-18-27)42(25(3)43)35(4,5)6/h7-20,24,29-32,44H,21-23,39H2,1-6H3/t29?,30?,31-,32?/m0/s1. The first-order valence-corrected chi connectivity index (χ1v) is 15.6. The molecule has 47 heavy (non-hydrogen) atoms. The minimum absolute atomic E-state index is 0.316. The number of alkyl halides is 2. The van der Waals surface area contributed by atoms with Crippen molar-refractivity contribution in [2.75, 3.05) is 0 Å². The molecule has 0 aliphatic heterocycles. The minimum Gasteiger partial charge on any atom is -0.443 e. The molecule has 0 fully saturated rings. The molecule has 0 spiro atoms. The summed E-state index contributed by atoms with van der Waals surface area (Å²) >= 11 is 0. The van der Waals surface area contributed by atoms with E-state index in [9.17, 15) is 19.5 Å². The van der Waals surface area contributed by atoms with Gasteiger partial charge in [0.05, 0.1) is 17.8 Å². The maximum absolute atomic E-state index is 17.2. The maximum Gasteiger partial charge on any atom is 0.417 e. The Morgan fingerprint density at radius 1 is 0.894 bits per heavy atom. The molecule has 1 heterocycles. The summed E-state index contributed by atoms with van der Waals surface area (Å²) < 4.78 is 39.8. The van der Waals surface area contributed by atoms with Crippen LogP contribution < -0.4 is 5.73 Å². The van der Waals surface area contributed by atoms with Gasteiger partial charge in [-0.3, -0.25) is 14.6 Å². The first kappa shape index (κ1) is 37.2. The van der Waals surface area contributed by atoms with E-state index >= 15 is 8.78 Å². The molecule has 0 aliphatic carbocycles. The number of aliphatic hydroxyl groups excluding tert-OH is 1. The Labute approximate surface area is 275 Å². The molecule has 1 aromatic heterocycles. The second kappa shape index (κ2) is 16.1. The number of imide groups is 1. The van der Waals surface area contributed by atoms with Gasteiger partial charge in [0.15, 0.2) is 0 Å². The van der Waals surface area contributed by atoms with Crippen molar-refractivity contribution < 1.29 is 33.0 Å². The molecule has 0 saturated carbocycles. The van der Waals surface area contributed by atoms with Gasteiger partial charge in [0.2, 0.25) is 11.8 Å². The van der Waals surface area contributed by atoms with Crippen molar-refractivity contribution in [3.8, 4) is 0 Å². The number of carbonyl (C=O) groups excluding carboxylic acids is 3. The fourth-order valence-electron chi connectivity index (χ4n) is 5.57. The van der Waals surface area contributed by atoms with Gasteiger partial charge in [-0.15, -0.1) is 0 Å². The molecule has 3 unspecified atom stereocenters. The Kier molecular flexibility index (Phi) is 12.7. The van der Waals surface area contributed by atoms with Crippen molar-refractivity contribution in [1.29, 1.82) is 0 Å². The average molecular weight is 653 g/mol. The van der Waals surface area contributed by atoms with Gasteiger partial charge < -0.3 is 20.5 Å². The first-order valence-electron chi connectivity index (χ1n) is 15.6. The zero-order valence-electron chi connectivity index (χ0n) is 27.8. The van der Waals surface area contributed by atoms with Crippen LogP contribution in [0.25, 0.3) is 0 Å². The van der Waals surface area contributed by atoms with Crippen molar-refractivity contribution >= 4 is 17.9 Å². The highest BCUT2D eigenvalue weighted by Gasteiger charge is 2.57. The number of hydrogen-bond acceptors (Lipinski definition) is 7. The summed E-state index contributed by atoms with van der Waals surface area (Å²) in [6, 6.07) is 16.8. The smallest absolute Gasteiger partial charge is 0.417 e. The minimum atomic E-state index is -4.06. The van der Waals surface area contributed by atoms with Crippen LogP contribution in [-0.2, 0) is 33.8 Å². The zero-order valence-corrected chi connectivity index (χ0v) is 27.8. The molecule has 9 nitrogen and oxygen atoms in total. The van der Waals surface area contributed by atoms with E-state index in [1.807, 2.05) is 0 Å². The van der Waals surface area contributed by atoms with E-state index in [-0.39, 0.29) is 19.4 Å². The van der Waals surface area contributed by atoms with Crippen LogP contribution in [0.1, 0.15) is 58.4 Å². The number of aromatic nitrogens is 1. The summed E-state index contributed by atoms with van der Waals surface area (Å²) in [7, 11) is 0. The molecule has 11 heteroatoms. The van der Waals surface area contributed by atoms with Crippen LogP contribution >= 0.6 is 0 Å². The van der Waals surface area contributed by atoms with Gasteiger partial charge in [0.1, 0.15) is 18.8 Å². The van der Waals surface area contributed by atoms with Crippen LogP contribution in [0, 0.1) is 5.92 Å². The predicted molar refractivity (Wildman–Crippen MR) is 175 cm³/mol. The number of ether oxygens (including phenoxy) is 1. The van der Waals surface area contributed by atoms with Gasteiger partial charge in [-0.2, -0.15) is 0 Å². The number of nitrogens with two attached hydrogens (primary N) is 1. The van der Waals surface area contributed by atoms with Gasteiger partial charge in [-0.25, -0.2) is 18.5 Å². The fourth-order valence-corrected chi connectivity index (χ4v) is 5.57. The molecule has 0 saturated heterocycles. The lowest BCUT2D eigenvalue weighted by Gasteiger charge is -2.47. The SMILES string of the molecule is CC(=O)N(C(Cc1ccccc1)C(F)(F)C(O)C(Cc1ccccc1)N(C(=O)OCc1ccccn1)C(=O)[C@@H](N)C(C)C)C(C)(C)C. The number of rotatable bonds is 13. The van der Waals surface area contributed by atoms with E-state index in [1.165, 1.54) is 13.1 Å². The lowest BCUT2D eigenvalue weighted by atomic mass is 9.86. The second-order valence-corrected chi connectivity index (χ2v) is 13.0. The maximum atomic E-state index is 17.2. The summed E-state index contributed by atoms with van der Waals surface area (Å²) in [6.45, 7) is 9.03. The summed E-state index contributed by atoms with van der Waals surface area (Å²) in [5.41, 5.74) is 6.47. The van der Waals surface area contributed by atoms with Crippen molar-refractivity contribution in [2.45, 2.75) is 96.7 Å². The third-order valence-electron chi connectivity index (χ3n) is 7.98.